The summed E-state index contributed by atoms with van der Waals surface area (Å²) in [7, 11) is 0. The molecule has 2 heterocycles. The van der Waals surface area contributed by atoms with Crippen molar-refractivity contribution >= 4 is 28.2 Å². The number of nitrogen functional groups attached to an aromatic ring is 1. The van der Waals surface area contributed by atoms with E-state index >= 15 is 0 Å². The zero-order chi connectivity index (χ0) is 15.5. The Kier molecular flexibility index (Phi) is 5.08. The number of thiazole rings is 1. The molecule has 0 aliphatic carbocycles. The largest absolute Gasteiger partial charge is 0.382 e. The molecular weight excluding hydrogens is 284 g/mol. The van der Waals surface area contributed by atoms with Crippen molar-refractivity contribution in [2.24, 2.45) is 0 Å². The molecule has 0 bridgehead atoms. The van der Waals surface area contributed by atoms with E-state index in [1.54, 1.807) is 0 Å². The second kappa shape index (κ2) is 6.64. The summed E-state index contributed by atoms with van der Waals surface area (Å²) in [6, 6.07) is 0. The van der Waals surface area contributed by atoms with E-state index in [0.29, 0.717) is 10.7 Å². The molecule has 118 valence electrons. The molecule has 0 atom stereocenters. The number of piperidine rings is 1. The number of carbonyl (C=O) groups excluding carboxylic acids is 1. The molecule has 5 nitrogen and oxygen atoms in total. The fourth-order valence-corrected chi connectivity index (χ4v) is 3.39. The third-order valence-corrected chi connectivity index (χ3v) is 5.58. The Morgan fingerprint density at radius 1 is 1.33 bits per heavy atom. The molecule has 3 N–H and O–H groups in total. The lowest BCUT2D eigenvalue weighted by Crippen LogP contribution is -2.44. The van der Waals surface area contributed by atoms with Gasteiger partial charge in [-0.3, -0.25) is 4.79 Å². The third kappa shape index (κ3) is 3.67. The first-order valence-corrected chi connectivity index (χ1v) is 8.64. The predicted molar refractivity (Wildman–Crippen MR) is 89.0 cm³/mol. The summed E-state index contributed by atoms with van der Waals surface area (Å²) in [5.74, 6) is 0.257. The highest BCUT2D eigenvalue weighted by molar-refractivity contribution is 7.18. The van der Waals surface area contributed by atoms with Crippen LogP contribution in [0.4, 0.5) is 10.9 Å². The average molecular weight is 310 g/mol. The maximum Gasteiger partial charge on any atom is 0.265 e. The number of nitrogens with one attached hydrogen (secondary N) is 1. The summed E-state index contributed by atoms with van der Waals surface area (Å²) in [4.78, 5) is 19.6. The van der Waals surface area contributed by atoms with E-state index in [1.165, 1.54) is 30.6 Å². The lowest BCUT2D eigenvalue weighted by Gasteiger charge is -2.28. The van der Waals surface area contributed by atoms with Gasteiger partial charge in [-0.15, -0.1) is 0 Å². The first-order chi connectivity index (χ1) is 9.99. The van der Waals surface area contributed by atoms with E-state index < -0.39 is 0 Å². The highest BCUT2D eigenvalue weighted by Crippen LogP contribution is 2.30. The van der Waals surface area contributed by atoms with Crippen LogP contribution in [-0.2, 0) is 0 Å². The summed E-state index contributed by atoms with van der Waals surface area (Å²) >= 11 is 1.41. The van der Waals surface area contributed by atoms with Gasteiger partial charge in [-0.2, -0.15) is 0 Å². The Morgan fingerprint density at radius 3 is 2.52 bits per heavy atom. The van der Waals surface area contributed by atoms with Gasteiger partial charge in [0.05, 0.1) is 0 Å². The van der Waals surface area contributed by atoms with E-state index in [1.807, 2.05) is 0 Å². The molecule has 0 spiro atoms. The van der Waals surface area contributed by atoms with Crippen LogP contribution in [0.15, 0.2) is 0 Å². The van der Waals surface area contributed by atoms with Gasteiger partial charge in [0.1, 0.15) is 10.7 Å². The van der Waals surface area contributed by atoms with Crippen LogP contribution in [0, 0.1) is 0 Å². The highest BCUT2D eigenvalue weighted by atomic mass is 32.1. The Labute approximate surface area is 130 Å². The van der Waals surface area contributed by atoms with Crippen molar-refractivity contribution in [2.75, 3.05) is 23.7 Å². The molecule has 1 aromatic heterocycles. The SMILES string of the molecule is CCC(C)(CC)NC(=O)c1sc(N2CCCCC2)nc1N. The van der Waals surface area contributed by atoms with Gasteiger partial charge in [0, 0.05) is 18.6 Å². The van der Waals surface area contributed by atoms with E-state index in [4.69, 9.17) is 5.73 Å². The summed E-state index contributed by atoms with van der Waals surface area (Å²) in [5.41, 5.74) is 5.78. The molecule has 0 unspecified atom stereocenters. The molecular formula is C15H26N4OS. The van der Waals surface area contributed by atoms with Crippen LogP contribution in [0.3, 0.4) is 0 Å². The lowest BCUT2D eigenvalue weighted by atomic mass is 9.95. The Balaban J connectivity index is 2.12. The molecule has 1 amide bonds. The van der Waals surface area contributed by atoms with Gasteiger partial charge in [-0.05, 0) is 39.0 Å². The van der Waals surface area contributed by atoms with Crippen LogP contribution in [0.5, 0.6) is 0 Å². The zero-order valence-electron chi connectivity index (χ0n) is 13.2. The maximum atomic E-state index is 12.5. The first-order valence-electron chi connectivity index (χ1n) is 7.83. The number of hydrogen-bond donors (Lipinski definition) is 2. The van der Waals surface area contributed by atoms with Crippen molar-refractivity contribution in [2.45, 2.75) is 58.4 Å². The molecule has 2 rings (SSSR count). The van der Waals surface area contributed by atoms with Crippen molar-refractivity contribution in [1.29, 1.82) is 0 Å². The van der Waals surface area contributed by atoms with Crippen molar-refractivity contribution < 1.29 is 4.79 Å². The minimum atomic E-state index is -0.182. The lowest BCUT2D eigenvalue weighted by molar-refractivity contribution is 0.0906. The van der Waals surface area contributed by atoms with Crippen LogP contribution in [0.1, 0.15) is 62.5 Å². The van der Waals surface area contributed by atoms with Gasteiger partial charge < -0.3 is 16.0 Å². The van der Waals surface area contributed by atoms with Crippen molar-refractivity contribution in [3.63, 3.8) is 0 Å². The second-order valence-corrected chi connectivity index (χ2v) is 6.96. The van der Waals surface area contributed by atoms with Gasteiger partial charge in [-0.1, -0.05) is 25.2 Å². The minimum Gasteiger partial charge on any atom is -0.382 e. The Bertz CT molecular complexity index is 490. The molecule has 0 aromatic carbocycles. The monoisotopic (exact) mass is 310 g/mol. The summed E-state index contributed by atoms with van der Waals surface area (Å²) in [6.07, 6.45) is 5.44. The molecule has 1 aromatic rings. The number of nitrogens with zero attached hydrogens (tertiary/aromatic N) is 2. The van der Waals surface area contributed by atoms with E-state index in [9.17, 15) is 4.79 Å². The molecule has 1 saturated heterocycles. The predicted octanol–water partition coefficient (Wildman–Crippen LogP) is 3.02. The number of anilines is 2. The molecule has 21 heavy (non-hydrogen) atoms. The topological polar surface area (TPSA) is 71.2 Å². The van der Waals surface area contributed by atoms with Gasteiger partial charge in [0.25, 0.3) is 5.91 Å². The number of nitrogens with two attached hydrogens (primary N) is 1. The van der Waals surface area contributed by atoms with Crippen LogP contribution in [0.25, 0.3) is 0 Å². The van der Waals surface area contributed by atoms with Crippen molar-refractivity contribution in [3.8, 4) is 0 Å². The van der Waals surface area contributed by atoms with Gasteiger partial charge in [0.15, 0.2) is 5.13 Å². The molecule has 1 fully saturated rings. The summed E-state index contributed by atoms with van der Waals surface area (Å²) in [6.45, 7) is 8.25. The average Bonchev–Trinajstić information content (AvgIpc) is 2.90. The van der Waals surface area contributed by atoms with Crippen LogP contribution in [-0.4, -0.2) is 29.5 Å². The van der Waals surface area contributed by atoms with Crippen molar-refractivity contribution in [1.82, 2.24) is 10.3 Å². The number of hydrogen-bond acceptors (Lipinski definition) is 5. The highest BCUT2D eigenvalue weighted by Gasteiger charge is 2.26. The normalized spacial score (nSPS) is 16.0. The third-order valence-electron chi connectivity index (χ3n) is 4.45. The fourth-order valence-electron chi connectivity index (χ4n) is 2.46. The standard InChI is InChI=1S/C15H26N4OS/c1-4-15(3,5-2)18-13(20)11-12(16)17-14(21-11)19-9-7-6-8-10-19/h4-10,16H2,1-3H3,(H,18,20). The van der Waals surface area contributed by atoms with Crippen LogP contribution < -0.4 is 16.0 Å². The van der Waals surface area contributed by atoms with Gasteiger partial charge in [-0.25, -0.2) is 4.98 Å². The quantitative estimate of drug-likeness (QED) is 0.877. The molecule has 6 heteroatoms. The summed E-state index contributed by atoms with van der Waals surface area (Å²) < 4.78 is 0. The molecule has 1 aliphatic rings. The smallest absolute Gasteiger partial charge is 0.265 e. The number of rotatable bonds is 5. The zero-order valence-corrected chi connectivity index (χ0v) is 14.1. The van der Waals surface area contributed by atoms with Gasteiger partial charge in [0.2, 0.25) is 0 Å². The summed E-state index contributed by atoms with van der Waals surface area (Å²) in [5, 5.41) is 3.98. The van der Waals surface area contributed by atoms with E-state index in [2.05, 4.69) is 36.0 Å². The number of aromatic nitrogens is 1. The molecule has 0 saturated carbocycles. The van der Waals surface area contributed by atoms with E-state index in [-0.39, 0.29) is 11.4 Å². The van der Waals surface area contributed by atoms with E-state index in [0.717, 1.165) is 31.1 Å². The minimum absolute atomic E-state index is 0.0977. The Hall–Kier alpha value is -1.30. The number of amides is 1. The molecule has 0 radical (unpaired) electrons. The van der Waals surface area contributed by atoms with Crippen molar-refractivity contribution in [3.05, 3.63) is 4.88 Å². The second-order valence-electron chi connectivity index (χ2n) is 5.98. The van der Waals surface area contributed by atoms with Crippen LogP contribution in [0.2, 0.25) is 0 Å². The maximum absolute atomic E-state index is 12.5. The Morgan fingerprint density at radius 2 is 1.95 bits per heavy atom. The number of carbonyl (C=O) groups is 1. The van der Waals surface area contributed by atoms with Crippen LogP contribution >= 0.6 is 11.3 Å². The van der Waals surface area contributed by atoms with Gasteiger partial charge >= 0.3 is 0 Å². The molecule has 1 aliphatic heterocycles. The first kappa shape index (κ1) is 16.1. The fraction of sp³-hybridized carbons (Fsp3) is 0.733.